The molecule has 0 spiro atoms. The van der Waals surface area contributed by atoms with Crippen LogP contribution >= 0.6 is 0 Å². The van der Waals surface area contributed by atoms with E-state index in [4.69, 9.17) is 4.98 Å². The Hall–Kier alpha value is -4.16. The van der Waals surface area contributed by atoms with Crippen molar-refractivity contribution in [3.05, 3.63) is 102 Å². The van der Waals surface area contributed by atoms with Crippen LogP contribution in [0.3, 0.4) is 0 Å². The van der Waals surface area contributed by atoms with Gasteiger partial charge < -0.3 is 4.98 Å². The van der Waals surface area contributed by atoms with Crippen LogP contribution in [0.1, 0.15) is 11.1 Å². The molecular formula is C27H19N3. The highest BCUT2D eigenvalue weighted by Gasteiger charge is 2.19. The smallest absolute Gasteiger partial charge is 0.102 e. The van der Waals surface area contributed by atoms with Crippen LogP contribution < -0.4 is 0 Å². The Morgan fingerprint density at radius 1 is 0.800 bits per heavy atom. The summed E-state index contributed by atoms with van der Waals surface area (Å²) < 4.78 is 0. The van der Waals surface area contributed by atoms with Crippen LogP contribution in [0.25, 0.3) is 44.5 Å². The Morgan fingerprint density at radius 2 is 1.53 bits per heavy atom. The van der Waals surface area contributed by atoms with Gasteiger partial charge in [0.1, 0.15) is 6.07 Å². The minimum absolute atomic E-state index is 0.591. The van der Waals surface area contributed by atoms with Gasteiger partial charge in [-0.2, -0.15) is 5.26 Å². The van der Waals surface area contributed by atoms with Gasteiger partial charge in [-0.1, -0.05) is 72.8 Å². The van der Waals surface area contributed by atoms with Crippen molar-refractivity contribution in [2.75, 3.05) is 0 Å². The molecule has 142 valence electrons. The maximum absolute atomic E-state index is 10.2. The molecule has 1 N–H and O–H groups in total. The Balaban J connectivity index is 1.87. The minimum atomic E-state index is 0.591. The number of benzene rings is 3. The fraction of sp³-hybridized carbons (Fsp3) is 0.0370. The summed E-state index contributed by atoms with van der Waals surface area (Å²) >= 11 is 0. The first kappa shape index (κ1) is 17.9. The maximum Gasteiger partial charge on any atom is 0.102 e. The molecule has 0 bridgehead atoms. The number of nitrogens with zero attached hydrogens (tertiary/aromatic N) is 2. The molecule has 0 saturated heterocycles. The number of nitrogens with one attached hydrogen (secondary N) is 1. The van der Waals surface area contributed by atoms with Crippen LogP contribution in [0.2, 0.25) is 0 Å². The van der Waals surface area contributed by atoms with Crippen molar-refractivity contribution in [1.82, 2.24) is 9.97 Å². The van der Waals surface area contributed by atoms with Gasteiger partial charge in [0.25, 0.3) is 0 Å². The van der Waals surface area contributed by atoms with Crippen molar-refractivity contribution >= 4 is 10.9 Å². The molecule has 2 aromatic heterocycles. The second-order valence-electron chi connectivity index (χ2n) is 7.32. The molecular weight excluding hydrogens is 366 g/mol. The number of para-hydroxylation sites is 1. The standard InChI is InChI=1S/C27H19N3/c1-18-9-5-6-12-20(18)27-23(16-28)22(15-26(30-27)19-10-3-2-4-11-19)24-17-29-25-14-8-7-13-21(24)25/h2-15,17,29H,1H3. The molecule has 0 atom stereocenters. The van der Waals surface area contributed by atoms with Crippen molar-refractivity contribution < 1.29 is 0 Å². The summed E-state index contributed by atoms with van der Waals surface area (Å²) in [4.78, 5) is 8.30. The van der Waals surface area contributed by atoms with E-state index in [0.29, 0.717) is 5.56 Å². The number of aromatic amines is 1. The zero-order valence-corrected chi connectivity index (χ0v) is 16.6. The third-order valence-corrected chi connectivity index (χ3v) is 5.48. The number of nitriles is 1. The predicted molar refractivity (Wildman–Crippen MR) is 122 cm³/mol. The van der Waals surface area contributed by atoms with Gasteiger partial charge in [0.15, 0.2) is 0 Å². The maximum atomic E-state index is 10.2. The summed E-state index contributed by atoms with van der Waals surface area (Å²) in [6.45, 7) is 2.05. The number of pyridine rings is 1. The lowest BCUT2D eigenvalue weighted by molar-refractivity contribution is 1.28. The normalized spacial score (nSPS) is 10.8. The minimum Gasteiger partial charge on any atom is -0.361 e. The van der Waals surface area contributed by atoms with E-state index in [-0.39, 0.29) is 0 Å². The SMILES string of the molecule is Cc1ccccc1-c1nc(-c2ccccc2)cc(-c2c[nH]c3ccccc23)c1C#N. The monoisotopic (exact) mass is 385 g/mol. The molecule has 0 amide bonds. The number of aromatic nitrogens is 2. The van der Waals surface area contributed by atoms with E-state index in [1.165, 1.54) is 0 Å². The van der Waals surface area contributed by atoms with Gasteiger partial charge in [-0.15, -0.1) is 0 Å². The van der Waals surface area contributed by atoms with Crippen LogP contribution in [-0.2, 0) is 0 Å². The molecule has 0 fully saturated rings. The first-order valence-electron chi connectivity index (χ1n) is 9.89. The number of hydrogen-bond acceptors (Lipinski definition) is 2. The molecule has 0 saturated carbocycles. The van der Waals surface area contributed by atoms with E-state index >= 15 is 0 Å². The summed E-state index contributed by atoms with van der Waals surface area (Å²) in [5.41, 5.74) is 8.21. The first-order valence-corrected chi connectivity index (χ1v) is 9.89. The van der Waals surface area contributed by atoms with E-state index in [0.717, 1.165) is 50.1 Å². The fourth-order valence-electron chi connectivity index (χ4n) is 3.96. The zero-order chi connectivity index (χ0) is 20.5. The number of H-pyrrole nitrogens is 1. The van der Waals surface area contributed by atoms with E-state index in [9.17, 15) is 5.26 Å². The van der Waals surface area contributed by atoms with Crippen molar-refractivity contribution in [3.8, 4) is 39.7 Å². The van der Waals surface area contributed by atoms with Gasteiger partial charge in [0, 0.05) is 39.4 Å². The average Bonchev–Trinajstić information content (AvgIpc) is 3.23. The van der Waals surface area contributed by atoms with Crippen LogP contribution in [0.15, 0.2) is 91.1 Å². The predicted octanol–water partition coefficient (Wildman–Crippen LogP) is 6.74. The summed E-state index contributed by atoms with van der Waals surface area (Å²) in [6, 6.07) is 30.8. The van der Waals surface area contributed by atoms with Crippen molar-refractivity contribution in [2.45, 2.75) is 6.92 Å². The Bertz CT molecular complexity index is 1410. The molecule has 0 radical (unpaired) electrons. The fourth-order valence-corrected chi connectivity index (χ4v) is 3.96. The lowest BCUT2D eigenvalue weighted by Gasteiger charge is -2.14. The molecule has 0 aliphatic rings. The van der Waals surface area contributed by atoms with Gasteiger partial charge in [0.2, 0.25) is 0 Å². The Kier molecular flexibility index (Phi) is 4.38. The molecule has 5 rings (SSSR count). The van der Waals surface area contributed by atoms with Crippen LogP contribution in [0.4, 0.5) is 0 Å². The molecule has 5 aromatic rings. The van der Waals surface area contributed by atoms with Crippen LogP contribution in [0, 0.1) is 18.3 Å². The molecule has 0 aliphatic carbocycles. The molecule has 3 heteroatoms. The molecule has 0 unspecified atom stereocenters. The first-order chi connectivity index (χ1) is 14.8. The van der Waals surface area contributed by atoms with Gasteiger partial charge in [-0.05, 0) is 24.6 Å². The Labute approximate surface area is 175 Å². The quantitative estimate of drug-likeness (QED) is 0.374. The molecule has 3 nitrogen and oxygen atoms in total. The second kappa shape index (κ2) is 7.35. The van der Waals surface area contributed by atoms with Gasteiger partial charge in [0.05, 0.1) is 17.0 Å². The highest BCUT2D eigenvalue weighted by atomic mass is 14.7. The molecule has 3 aromatic carbocycles. The summed E-state index contributed by atoms with van der Waals surface area (Å²) in [7, 11) is 0. The third-order valence-electron chi connectivity index (χ3n) is 5.48. The van der Waals surface area contributed by atoms with E-state index in [1.807, 2.05) is 66.9 Å². The number of hydrogen-bond donors (Lipinski definition) is 1. The second-order valence-corrected chi connectivity index (χ2v) is 7.32. The topological polar surface area (TPSA) is 52.5 Å². The number of fused-ring (bicyclic) bond motifs is 1. The highest BCUT2D eigenvalue weighted by molar-refractivity contribution is 5.99. The van der Waals surface area contributed by atoms with E-state index in [2.05, 4.69) is 42.2 Å². The van der Waals surface area contributed by atoms with Crippen molar-refractivity contribution in [1.29, 1.82) is 5.26 Å². The highest BCUT2D eigenvalue weighted by Crippen LogP contribution is 2.38. The zero-order valence-electron chi connectivity index (χ0n) is 16.6. The number of aryl methyl sites for hydroxylation is 1. The molecule has 2 heterocycles. The molecule has 0 aliphatic heterocycles. The van der Waals surface area contributed by atoms with Gasteiger partial charge in [-0.25, -0.2) is 4.98 Å². The van der Waals surface area contributed by atoms with Crippen LogP contribution in [-0.4, -0.2) is 9.97 Å². The number of rotatable bonds is 3. The summed E-state index contributed by atoms with van der Waals surface area (Å²) in [6.07, 6.45) is 1.98. The van der Waals surface area contributed by atoms with Gasteiger partial charge >= 0.3 is 0 Å². The van der Waals surface area contributed by atoms with Crippen molar-refractivity contribution in [2.24, 2.45) is 0 Å². The summed E-state index contributed by atoms with van der Waals surface area (Å²) in [5.74, 6) is 0. The average molecular weight is 385 g/mol. The lowest BCUT2D eigenvalue weighted by Crippen LogP contribution is -1.98. The van der Waals surface area contributed by atoms with Crippen molar-refractivity contribution in [3.63, 3.8) is 0 Å². The van der Waals surface area contributed by atoms with E-state index < -0.39 is 0 Å². The van der Waals surface area contributed by atoms with Crippen LogP contribution in [0.5, 0.6) is 0 Å². The van der Waals surface area contributed by atoms with E-state index in [1.54, 1.807) is 0 Å². The molecule has 30 heavy (non-hydrogen) atoms. The summed E-state index contributed by atoms with van der Waals surface area (Å²) in [5, 5.41) is 11.3. The van der Waals surface area contributed by atoms with Gasteiger partial charge in [-0.3, -0.25) is 0 Å². The largest absolute Gasteiger partial charge is 0.361 e. The third kappa shape index (κ3) is 2.96. The Morgan fingerprint density at radius 3 is 2.33 bits per heavy atom. The lowest BCUT2D eigenvalue weighted by atomic mass is 9.93.